The number of imidazole rings is 1. The Kier molecular flexibility index (Phi) is 10.8. The summed E-state index contributed by atoms with van der Waals surface area (Å²) in [7, 11) is 0. The van der Waals surface area contributed by atoms with E-state index in [4.69, 9.17) is 17.5 Å². The van der Waals surface area contributed by atoms with Gasteiger partial charge >= 0.3 is 0 Å². The summed E-state index contributed by atoms with van der Waals surface area (Å²) in [5.74, 6) is 0.152. The Morgan fingerprint density at radius 2 is 1.76 bits per heavy atom. The van der Waals surface area contributed by atoms with Gasteiger partial charge in [-0.1, -0.05) is 92.6 Å². The van der Waals surface area contributed by atoms with Gasteiger partial charge < -0.3 is 20.1 Å². The number of rotatable bonds is 12. The number of hydrogen-bond donors (Lipinski definition) is 2. The van der Waals surface area contributed by atoms with E-state index in [0.29, 0.717) is 30.3 Å². The van der Waals surface area contributed by atoms with Crippen LogP contribution in [0.15, 0.2) is 104 Å². The van der Waals surface area contributed by atoms with Crippen LogP contribution in [0.4, 0.5) is 5.69 Å². The van der Waals surface area contributed by atoms with Crippen LogP contribution in [0, 0.1) is 24.2 Å². The Hall–Kier alpha value is -5.00. The maximum Gasteiger partial charge on any atom is 0.226 e. The zero-order valence-corrected chi connectivity index (χ0v) is 27.4. The molecule has 0 unspecified atom stereocenters. The lowest BCUT2D eigenvalue weighted by Gasteiger charge is -2.33. The number of carbonyl (C=O) groups is 1. The molecule has 2 atom stereocenters. The zero-order valence-electron chi connectivity index (χ0n) is 26.6. The van der Waals surface area contributed by atoms with Crippen LogP contribution in [0.5, 0.6) is 0 Å². The van der Waals surface area contributed by atoms with Crippen molar-refractivity contribution in [3.8, 4) is 6.07 Å². The molecule has 0 spiro atoms. The molecule has 0 aliphatic heterocycles. The van der Waals surface area contributed by atoms with Crippen LogP contribution in [0.25, 0.3) is 10.8 Å². The largest absolute Gasteiger partial charge is 0.351 e. The monoisotopic (exact) mass is 628 g/mol. The summed E-state index contributed by atoms with van der Waals surface area (Å²) in [5.41, 5.74) is 5.77. The molecule has 0 saturated carbocycles. The van der Waals surface area contributed by atoms with Gasteiger partial charge in [-0.3, -0.25) is 4.79 Å². The normalized spacial score (nSPS) is 12.2. The van der Waals surface area contributed by atoms with E-state index < -0.39 is 0 Å². The van der Waals surface area contributed by atoms with E-state index in [9.17, 15) is 4.79 Å². The third-order valence-electron chi connectivity index (χ3n) is 8.50. The minimum absolute atomic E-state index is 0.0607. The number of nitriles is 1. The molecule has 0 radical (unpaired) electrons. The number of benzene rings is 4. The van der Waals surface area contributed by atoms with E-state index in [-0.39, 0.29) is 24.3 Å². The number of amides is 1. The number of anilines is 1. The Morgan fingerprint density at radius 1 is 1.02 bits per heavy atom. The smallest absolute Gasteiger partial charge is 0.226 e. The summed E-state index contributed by atoms with van der Waals surface area (Å²) in [6.45, 7) is 8.10. The number of aromatic nitrogens is 2. The topological polar surface area (TPSA) is 86.0 Å². The maximum atomic E-state index is 13.6. The molecule has 2 N–H and O–H groups in total. The predicted molar refractivity (Wildman–Crippen MR) is 189 cm³/mol. The number of nitrogens with one attached hydrogen (secondary N) is 2. The van der Waals surface area contributed by atoms with Crippen LogP contribution in [0.3, 0.4) is 0 Å². The second-order valence-electron chi connectivity index (χ2n) is 11.9. The van der Waals surface area contributed by atoms with Gasteiger partial charge in [0.05, 0.1) is 24.4 Å². The summed E-state index contributed by atoms with van der Waals surface area (Å²) < 4.78 is 1.98. The van der Waals surface area contributed by atoms with Crippen molar-refractivity contribution in [3.05, 3.63) is 131 Å². The Labute approximate surface area is 276 Å². The standard InChI is InChI=1S/C38H40N6OS/c1-4-28(3)36(42-37(45)20-34-22-40-26-44(34)23-30-16-14-29(21-39)15-17-30)25-43(38(46)41-33-18-12-27(2)13-19-33)24-32-10-7-9-31-8-5-6-11-35(31)32/h5-19,22,26,28,36H,4,20,23-25H2,1-3H3,(H,41,46)(H,42,45)/t28-,36+/m0/s1. The fraction of sp³-hybridized carbons (Fsp3) is 0.263. The minimum Gasteiger partial charge on any atom is -0.351 e. The van der Waals surface area contributed by atoms with Crippen molar-refractivity contribution in [1.82, 2.24) is 19.8 Å². The number of aryl methyl sites for hydroxylation is 1. The van der Waals surface area contributed by atoms with E-state index in [1.54, 1.807) is 24.7 Å². The van der Waals surface area contributed by atoms with Crippen molar-refractivity contribution < 1.29 is 4.79 Å². The zero-order chi connectivity index (χ0) is 32.5. The average molecular weight is 629 g/mol. The molecular weight excluding hydrogens is 589 g/mol. The molecule has 0 aliphatic rings. The van der Waals surface area contributed by atoms with Crippen molar-refractivity contribution in [2.75, 3.05) is 11.9 Å². The highest BCUT2D eigenvalue weighted by Crippen LogP contribution is 2.22. The van der Waals surface area contributed by atoms with Gasteiger partial charge in [0, 0.05) is 43.3 Å². The summed E-state index contributed by atoms with van der Waals surface area (Å²) in [4.78, 5) is 20.1. The molecule has 7 nitrogen and oxygen atoms in total. The SMILES string of the molecule is CC[C@H](C)[C@@H](CN(Cc1cccc2ccccc12)C(=S)Nc1ccc(C)cc1)NC(=O)Cc1cncn1Cc1ccc(C#N)cc1. The van der Waals surface area contributed by atoms with E-state index in [1.165, 1.54) is 21.9 Å². The van der Waals surface area contributed by atoms with Crippen molar-refractivity contribution in [1.29, 1.82) is 5.26 Å². The molecule has 0 bridgehead atoms. The molecule has 5 rings (SSSR count). The van der Waals surface area contributed by atoms with Gasteiger partial charge in [0.25, 0.3) is 0 Å². The highest BCUT2D eigenvalue weighted by Gasteiger charge is 2.24. The van der Waals surface area contributed by atoms with Crippen molar-refractivity contribution in [2.24, 2.45) is 5.92 Å². The third-order valence-corrected chi connectivity index (χ3v) is 8.86. The number of fused-ring (bicyclic) bond motifs is 1. The number of nitrogens with zero attached hydrogens (tertiary/aromatic N) is 4. The van der Waals surface area contributed by atoms with Crippen LogP contribution >= 0.6 is 12.2 Å². The highest BCUT2D eigenvalue weighted by molar-refractivity contribution is 7.80. The van der Waals surface area contributed by atoms with Crippen molar-refractivity contribution in [3.63, 3.8) is 0 Å². The molecule has 1 heterocycles. The molecule has 0 aliphatic carbocycles. The lowest BCUT2D eigenvalue weighted by Crippen LogP contribution is -2.50. The molecule has 46 heavy (non-hydrogen) atoms. The van der Waals surface area contributed by atoms with Gasteiger partial charge in [0.2, 0.25) is 5.91 Å². The number of hydrogen-bond acceptors (Lipinski definition) is 4. The Bertz CT molecular complexity index is 1820. The third kappa shape index (κ3) is 8.38. The maximum absolute atomic E-state index is 13.6. The fourth-order valence-electron chi connectivity index (χ4n) is 5.53. The van der Waals surface area contributed by atoms with Crippen molar-refractivity contribution in [2.45, 2.75) is 52.7 Å². The van der Waals surface area contributed by atoms with Crippen LogP contribution < -0.4 is 10.6 Å². The second kappa shape index (κ2) is 15.3. The molecule has 5 aromatic rings. The molecule has 1 aromatic heterocycles. The van der Waals surface area contributed by atoms with Gasteiger partial charge in [0.15, 0.2) is 5.11 Å². The molecule has 0 saturated heterocycles. The van der Waals surface area contributed by atoms with Crippen LogP contribution in [0.1, 0.15) is 48.2 Å². The summed E-state index contributed by atoms with van der Waals surface area (Å²) >= 11 is 6.03. The Morgan fingerprint density at radius 3 is 2.50 bits per heavy atom. The first-order valence-electron chi connectivity index (χ1n) is 15.7. The molecule has 8 heteroatoms. The summed E-state index contributed by atoms with van der Waals surface area (Å²) in [5, 5.41) is 18.9. The molecule has 0 fully saturated rings. The minimum atomic E-state index is -0.139. The lowest BCUT2D eigenvalue weighted by molar-refractivity contribution is -0.121. The molecule has 1 amide bonds. The van der Waals surface area contributed by atoms with Crippen LogP contribution in [0.2, 0.25) is 0 Å². The van der Waals surface area contributed by atoms with Crippen LogP contribution in [-0.4, -0.2) is 38.1 Å². The average Bonchev–Trinajstić information content (AvgIpc) is 3.50. The van der Waals surface area contributed by atoms with Gasteiger partial charge in [-0.05, 0) is 71.2 Å². The molecular formula is C38H40N6OS. The highest BCUT2D eigenvalue weighted by atomic mass is 32.1. The van der Waals surface area contributed by atoms with Gasteiger partial charge in [-0.2, -0.15) is 5.26 Å². The first kappa shape index (κ1) is 32.4. The van der Waals surface area contributed by atoms with Crippen molar-refractivity contribution >= 4 is 39.7 Å². The number of thiocarbonyl (C=S) groups is 1. The van der Waals surface area contributed by atoms with Gasteiger partial charge in [0.1, 0.15) is 0 Å². The second-order valence-corrected chi connectivity index (χ2v) is 12.3. The fourth-order valence-corrected chi connectivity index (χ4v) is 5.78. The van der Waals surface area contributed by atoms with Gasteiger partial charge in [-0.25, -0.2) is 4.98 Å². The van der Waals surface area contributed by atoms with E-state index in [1.807, 2.05) is 28.8 Å². The molecule has 234 valence electrons. The predicted octanol–water partition coefficient (Wildman–Crippen LogP) is 7.24. The summed E-state index contributed by atoms with van der Waals surface area (Å²) in [6.07, 6.45) is 4.60. The first-order chi connectivity index (χ1) is 22.3. The van der Waals surface area contributed by atoms with E-state index >= 15 is 0 Å². The number of carbonyl (C=O) groups excluding carboxylic acids is 1. The first-order valence-corrected chi connectivity index (χ1v) is 16.1. The quantitative estimate of drug-likeness (QED) is 0.142. The van der Waals surface area contributed by atoms with Crippen LogP contribution in [-0.2, 0) is 24.3 Å². The van der Waals surface area contributed by atoms with E-state index in [2.05, 4.69) is 102 Å². The molecule has 4 aromatic carbocycles. The Balaban J connectivity index is 1.34. The summed E-state index contributed by atoms with van der Waals surface area (Å²) in [6, 6.07) is 32.4. The lowest BCUT2D eigenvalue weighted by atomic mass is 9.97. The van der Waals surface area contributed by atoms with Gasteiger partial charge in [-0.15, -0.1) is 0 Å². The van der Waals surface area contributed by atoms with E-state index in [0.717, 1.165) is 23.4 Å².